The number of ether oxygens (including phenoxy) is 1. The SMILES string of the molecule is CCCC(C)NC(=O)COCC(=O)O. The number of carboxylic acids is 1. The van der Waals surface area contributed by atoms with Crippen LogP contribution in [0.25, 0.3) is 0 Å². The van der Waals surface area contributed by atoms with Gasteiger partial charge in [-0.1, -0.05) is 13.3 Å². The maximum Gasteiger partial charge on any atom is 0.329 e. The van der Waals surface area contributed by atoms with Gasteiger partial charge in [-0.2, -0.15) is 0 Å². The molecule has 5 heteroatoms. The molecule has 1 atom stereocenters. The van der Waals surface area contributed by atoms with E-state index in [1.54, 1.807) is 0 Å². The highest BCUT2D eigenvalue weighted by molar-refractivity contribution is 5.78. The molecule has 0 fully saturated rings. The van der Waals surface area contributed by atoms with Crippen molar-refractivity contribution < 1.29 is 19.4 Å². The van der Waals surface area contributed by atoms with E-state index in [-0.39, 0.29) is 18.6 Å². The van der Waals surface area contributed by atoms with E-state index in [4.69, 9.17) is 5.11 Å². The number of aliphatic carboxylic acids is 1. The van der Waals surface area contributed by atoms with Crippen molar-refractivity contribution in [3.8, 4) is 0 Å². The van der Waals surface area contributed by atoms with Gasteiger partial charge in [0.15, 0.2) is 0 Å². The molecule has 5 nitrogen and oxygen atoms in total. The number of nitrogens with one attached hydrogen (secondary N) is 1. The third-order valence-electron chi connectivity index (χ3n) is 1.59. The lowest BCUT2D eigenvalue weighted by Crippen LogP contribution is -2.35. The molecule has 1 unspecified atom stereocenters. The number of amides is 1. The second kappa shape index (κ2) is 7.32. The second-order valence-corrected chi connectivity index (χ2v) is 3.14. The van der Waals surface area contributed by atoms with Crippen molar-refractivity contribution in [2.45, 2.75) is 32.7 Å². The summed E-state index contributed by atoms with van der Waals surface area (Å²) in [5.41, 5.74) is 0. The van der Waals surface area contributed by atoms with Crippen LogP contribution in [0.3, 0.4) is 0 Å². The Morgan fingerprint density at radius 1 is 1.43 bits per heavy atom. The summed E-state index contributed by atoms with van der Waals surface area (Å²) in [5, 5.41) is 10.9. The van der Waals surface area contributed by atoms with E-state index in [1.165, 1.54) is 0 Å². The molecule has 0 heterocycles. The van der Waals surface area contributed by atoms with Gasteiger partial charge >= 0.3 is 5.97 Å². The third-order valence-corrected chi connectivity index (χ3v) is 1.59. The second-order valence-electron chi connectivity index (χ2n) is 3.14. The van der Waals surface area contributed by atoms with Gasteiger partial charge in [-0.3, -0.25) is 4.79 Å². The fraction of sp³-hybridized carbons (Fsp3) is 0.778. The van der Waals surface area contributed by atoms with Crippen molar-refractivity contribution in [2.24, 2.45) is 0 Å². The largest absolute Gasteiger partial charge is 0.480 e. The van der Waals surface area contributed by atoms with Gasteiger partial charge in [0.1, 0.15) is 13.2 Å². The molecule has 2 N–H and O–H groups in total. The van der Waals surface area contributed by atoms with Crippen molar-refractivity contribution >= 4 is 11.9 Å². The van der Waals surface area contributed by atoms with E-state index in [2.05, 4.69) is 10.1 Å². The molecule has 0 aliphatic rings. The predicted octanol–water partition coefficient (Wildman–Crippen LogP) is 0.392. The summed E-state index contributed by atoms with van der Waals surface area (Å²) in [6, 6.07) is 0.112. The Morgan fingerprint density at radius 3 is 2.57 bits per heavy atom. The summed E-state index contributed by atoms with van der Waals surface area (Å²) >= 11 is 0. The molecular weight excluding hydrogens is 186 g/mol. The lowest BCUT2D eigenvalue weighted by molar-refractivity contribution is -0.143. The van der Waals surface area contributed by atoms with Crippen LogP contribution < -0.4 is 5.32 Å². The molecule has 14 heavy (non-hydrogen) atoms. The van der Waals surface area contributed by atoms with Crippen LogP contribution in [0.5, 0.6) is 0 Å². The highest BCUT2D eigenvalue weighted by Crippen LogP contribution is 1.94. The first-order valence-corrected chi connectivity index (χ1v) is 4.65. The number of hydrogen-bond donors (Lipinski definition) is 2. The molecular formula is C9H17NO4. The van der Waals surface area contributed by atoms with E-state index < -0.39 is 12.6 Å². The van der Waals surface area contributed by atoms with E-state index in [9.17, 15) is 9.59 Å². The predicted molar refractivity (Wildman–Crippen MR) is 51.0 cm³/mol. The minimum atomic E-state index is -1.07. The van der Waals surface area contributed by atoms with Crippen LogP contribution >= 0.6 is 0 Å². The Labute approximate surface area is 83.4 Å². The minimum Gasteiger partial charge on any atom is -0.480 e. The van der Waals surface area contributed by atoms with Crippen LogP contribution in [0.15, 0.2) is 0 Å². The van der Waals surface area contributed by atoms with Gasteiger partial charge in [0.2, 0.25) is 5.91 Å². The normalized spacial score (nSPS) is 12.1. The van der Waals surface area contributed by atoms with Crippen molar-refractivity contribution in [2.75, 3.05) is 13.2 Å². The number of hydrogen-bond acceptors (Lipinski definition) is 3. The first kappa shape index (κ1) is 12.9. The smallest absolute Gasteiger partial charge is 0.329 e. The molecule has 82 valence electrons. The van der Waals surface area contributed by atoms with Crippen molar-refractivity contribution in [1.29, 1.82) is 0 Å². The van der Waals surface area contributed by atoms with Crippen LogP contribution in [0.1, 0.15) is 26.7 Å². The van der Waals surface area contributed by atoms with Gasteiger partial charge in [-0.05, 0) is 13.3 Å². The zero-order chi connectivity index (χ0) is 11.0. The lowest BCUT2D eigenvalue weighted by Gasteiger charge is -2.12. The molecule has 0 aromatic carbocycles. The van der Waals surface area contributed by atoms with E-state index in [1.807, 2.05) is 13.8 Å². The first-order valence-electron chi connectivity index (χ1n) is 4.65. The maximum atomic E-state index is 11.1. The number of carbonyl (C=O) groups is 2. The summed E-state index contributed by atoms with van der Waals surface area (Å²) in [7, 11) is 0. The number of rotatable bonds is 7. The molecule has 0 aliphatic carbocycles. The average Bonchev–Trinajstić information content (AvgIpc) is 2.03. The summed E-state index contributed by atoms with van der Waals surface area (Å²) in [5.74, 6) is -1.34. The van der Waals surface area contributed by atoms with Gasteiger partial charge in [0.05, 0.1) is 0 Å². The monoisotopic (exact) mass is 203 g/mol. The zero-order valence-electron chi connectivity index (χ0n) is 8.58. The van der Waals surface area contributed by atoms with Crippen LogP contribution in [0, 0.1) is 0 Å². The molecule has 0 saturated carbocycles. The fourth-order valence-electron chi connectivity index (χ4n) is 1.05. The molecule has 0 spiro atoms. The van der Waals surface area contributed by atoms with E-state index >= 15 is 0 Å². The number of carbonyl (C=O) groups excluding carboxylic acids is 1. The highest BCUT2D eigenvalue weighted by Gasteiger charge is 2.07. The minimum absolute atomic E-state index is 0.112. The summed E-state index contributed by atoms with van der Waals surface area (Å²) < 4.78 is 4.62. The van der Waals surface area contributed by atoms with Crippen LogP contribution in [0.2, 0.25) is 0 Å². The van der Waals surface area contributed by atoms with E-state index in [0.717, 1.165) is 12.8 Å². The van der Waals surface area contributed by atoms with Crippen LogP contribution in [0.4, 0.5) is 0 Å². The summed E-state index contributed by atoms with van der Waals surface area (Å²) in [6.45, 7) is 3.30. The van der Waals surface area contributed by atoms with Crippen LogP contribution in [-0.2, 0) is 14.3 Å². The quantitative estimate of drug-likeness (QED) is 0.627. The fourth-order valence-corrected chi connectivity index (χ4v) is 1.05. The molecule has 1 amide bonds. The Hall–Kier alpha value is -1.10. The Kier molecular flexibility index (Phi) is 6.74. The molecule has 0 aliphatic heterocycles. The molecule has 0 saturated heterocycles. The van der Waals surface area contributed by atoms with Gasteiger partial charge in [0.25, 0.3) is 0 Å². The summed E-state index contributed by atoms with van der Waals surface area (Å²) in [6.07, 6.45) is 1.90. The van der Waals surface area contributed by atoms with Gasteiger partial charge in [0, 0.05) is 6.04 Å². The zero-order valence-corrected chi connectivity index (χ0v) is 8.58. The maximum absolute atomic E-state index is 11.1. The van der Waals surface area contributed by atoms with Crippen molar-refractivity contribution in [1.82, 2.24) is 5.32 Å². The molecule has 0 rings (SSSR count). The van der Waals surface area contributed by atoms with Gasteiger partial charge < -0.3 is 15.2 Å². The Balaban J connectivity index is 3.50. The van der Waals surface area contributed by atoms with Gasteiger partial charge in [-0.15, -0.1) is 0 Å². The summed E-state index contributed by atoms with van der Waals surface area (Å²) in [4.78, 5) is 21.1. The third kappa shape index (κ3) is 7.54. The molecule has 0 bridgehead atoms. The standard InChI is InChI=1S/C9H17NO4/c1-3-4-7(2)10-8(11)5-14-6-9(12)13/h7H,3-6H2,1-2H3,(H,10,11)(H,12,13). The Morgan fingerprint density at radius 2 is 2.07 bits per heavy atom. The Bertz CT molecular complexity index is 193. The first-order chi connectivity index (χ1) is 6.56. The van der Waals surface area contributed by atoms with Gasteiger partial charge in [-0.25, -0.2) is 4.79 Å². The molecule has 0 aromatic heterocycles. The molecule has 0 radical (unpaired) electrons. The highest BCUT2D eigenvalue weighted by atomic mass is 16.5. The molecule has 0 aromatic rings. The lowest BCUT2D eigenvalue weighted by atomic mass is 10.2. The number of carboxylic acid groups (broad SMARTS) is 1. The topological polar surface area (TPSA) is 75.6 Å². The van der Waals surface area contributed by atoms with Crippen molar-refractivity contribution in [3.05, 3.63) is 0 Å². The van der Waals surface area contributed by atoms with Crippen LogP contribution in [-0.4, -0.2) is 36.2 Å². The average molecular weight is 203 g/mol. The van der Waals surface area contributed by atoms with Crippen molar-refractivity contribution in [3.63, 3.8) is 0 Å². The van der Waals surface area contributed by atoms with E-state index in [0.29, 0.717) is 0 Å².